The molecule has 0 saturated carbocycles. The smallest absolute Gasteiger partial charge is 0.307 e. The number of nitrogens with two attached hydrogens (primary N) is 1. The molecule has 1 aromatic heterocycles. The van der Waals surface area contributed by atoms with Gasteiger partial charge in [0, 0.05) is 34.7 Å². The molecule has 1 heterocycles. The zero-order valence-corrected chi connectivity index (χ0v) is 17.9. The lowest BCUT2D eigenvalue weighted by Crippen LogP contribution is -2.06. The second-order valence-electron chi connectivity index (χ2n) is 7.75. The lowest BCUT2D eigenvalue weighted by Gasteiger charge is -2.13. The summed E-state index contributed by atoms with van der Waals surface area (Å²) in [6.07, 6.45) is -0.239. The van der Waals surface area contributed by atoms with Crippen LogP contribution < -0.4 is 10.5 Å². The van der Waals surface area contributed by atoms with Crippen LogP contribution in [0.4, 0.5) is 4.39 Å². The first-order valence-corrected chi connectivity index (χ1v) is 10.3. The Hall–Kier alpha value is -3.97. The number of carboxylic acids is 1. The molecule has 0 aliphatic rings. The summed E-state index contributed by atoms with van der Waals surface area (Å²) < 4.78 is 25.2. The predicted molar refractivity (Wildman–Crippen MR) is 122 cm³/mol. The van der Waals surface area contributed by atoms with Crippen LogP contribution >= 0.6 is 0 Å². The van der Waals surface area contributed by atoms with Gasteiger partial charge in [0.1, 0.15) is 17.9 Å². The van der Waals surface area contributed by atoms with Gasteiger partial charge in [-0.25, -0.2) is 0 Å². The largest absolute Gasteiger partial charge is 0.489 e. The third kappa shape index (κ3) is 4.94. The van der Waals surface area contributed by atoms with E-state index in [1.807, 2.05) is 30.3 Å². The Bertz CT molecular complexity index is 1360. The Morgan fingerprint density at radius 2 is 1.88 bits per heavy atom. The molecule has 0 aliphatic carbocycles. The summed E-state index contributed by atoms with van der Waals surface area (Å²) in [5.74, 6) is -0.845. The van der Waals surface area contributed by atoms with E-state index in [0.717, 1.165) is 16.7 Å². The van der Waals surface area contributed by atoms with Gasteiger partial charge in [-0.15, -0.1) is 0 Å². The van der Waals surface area contributed by atoms with Gasteiger partial charge in [0.2, 0.25) is 0 Å². The molecule has 168 valence electrons. The van der Waals surface area contributed by atoms with Crippen LogP contribution in [-0.2, 0) is 24.4 Å². The van der Waals surface area contributed by atoms with Gasteiger partial charge in [-0.1, -0.05) is 30.3 Å². The van der Waals surface area contributed by atoms with Crippen LogP contribution in [0.1, 0.15) is 34.0 Å². The number of halogens is 1. The van der Waals surface area contributed by atoms with E-state index < -0.39 is 12.0 Å². The Kier molecular flexibility index (Phi) is 6.24. The van der Waals surface area contributed by atoms with Crippen LogP contribution in [0.5, 0.6) is 5.75 Å². The molecule has 3 aromatic carbocycles. The lowest BCUT2D eigenvalue weighted by atomic mass is 9.99. The van der Waals surface area contributed by atoms with Gasteiger partial charge < -0.3 is 20.0 Å². The number of carbonyl (C=O) groups excluding carboxylic acids is 1. The number of carbonyl (C=O) groups is 2. The van der Waals surface area contributed by atoms with Crippen molar-refractivity contribution < 1.29 is 28.2 Å². The third-order valence-electron chi connectivity index (χ3n) is 5.33. The summed E-state index contributed by atoms with van der Waals surface area (Å²) in [6, 6.07) is 16.5. The normalized spacial score (nSPS) is 11.0. The summed E-state index contributed by atoms with van der Waals surface area (Å²) in [5.41, 5.74) is 10.2. The van der Waals surface area contributed by atoms with Crippen LogP contribution in [0, 0.1) is 6.01 Å². The molecule has 0 fully saturated rings. The molecule has 0 radical (unpaired) electrons. The molecule has 0 unspecified atom stereocenters. The Balaban J connectivity index is 1.72. The van der Waals surface area contributed by atoms with Crippen molar-refractivity contribution in [2.45, 2.75) is 26.5 Å². The highest BCUT2D eigenvalue weighted by Gasteiger charge is 2.15. The summed E-state index contributed by atoms with van der Waals surface area (Å²) in [4.78, 5) is 23.0. The zero-order valence-electron chi connectivity index (χ0n) is 17.9. The molecule has 4 aromatic rings. The van der Waals surface area contributed by atoms with Crippen LogP contribution in [-0.4, -0.2) is 16.9 Å². The molecule has 6 nitrogen and oxygen atoms in total. The number of rotatable bonds is 8. The average molecular weight is 447 g/mol. The number of fused-ring (bicyclic) bond motifs is 1. The molecular formula is C26H22FNO5. The predicted octanol–water partition coefficient (Wildman–Crippen LogP) is 5.11. The number of ether oxygens (including phenoxy) is 1. The minimum atomic E-state index is -1.01. The number of aliphatic carboxylic acids is 1. The highest BCUT2D eigenvalue weighted by Crippen LogP contribution is 2.33. The maximum atomic E-state index is 13.9. The Labute approximate surface area is 189 Å². The number of carboxylic acid groups (broad SMARTS) is 1. The molecule has 3 N–H and O–H groups in total. The lowest BCUT2D eigenvalue weighted by molar-refractivity contribution is -0.136. The van der Waals surface area contributed by atoms with E-state index in [1.54, 1.807) is 24.3 Å². The first-order chi connectivity index (χ1) is 15.8. The topological polar surface area (TPSA) is 103 Å². The SMILES string of the molecule is CC(=O)c1ccc(CC(=O)O)c(OCc2cc(-c3cccc(CN)c3)c3oc(F)cc3c2)c1. The van der Waals surface area contributed by atoms with Crippen molar-refractivity contribution in [3.63, 3.8) is 0 Å². The summed E-state index contributed by atoms with van der Waals surface area (Å²) in [7, 11) is 0. The highest BCUT2D eigenvalue weighted by molar-refractivity contribution is 5.95. The monoisotopic (exact) mass is 447 g/mol. The number of ketones is 1. The van der Waals surface area contributed by atoms with E-state index in [0.29, 0.717) is 40.0 Å². The van der Waals surface area contributed by atoms with E-state index in [9.17, 15) is 19.1 Å². The van der Waals surface area contributed by atoms with Crippen LogP contribution in [0.3, 0.4) is 0 Å². The fourth-order valence-electron chi connectivity index (χ4n) is 3.73. The minimum Gasteiger partial charge on any atom is -0.489 e. The zero-order chi connectivity index (χ0) is 23.5. The fraction of sp³-hybridized carbons (Fsp3) is 0.154. The van der Waals surface area contributed by atoms with Crippen LogP contribution in [0.25, 0.3) is 22.1 Å². The minimum absolute atomic E-state index is 0.0836. The van der Waals surface area contributed by atoms with Gasteiger partial charge in [0.05, 0.1) is 6.42 Å². The van der Waals surface area contributed by atoms with E-state index in [4.69, 9.17) is 14.9 Å². The summed E-state index contributed by atoms with van der Waals surface area (Å²) in [6.45, 7) is 1.88. The number of benzene rings is 3. The highest BCUT2D eigenvalue weighted by atomic mass is 19.1. The number of hydrogen-bond donors (Lipinski definition) is 2. The molecule has 0 bridgehead atoms. The van der Waals surface area contributed by atoms with Gasteiger partial charge in [0.25, 0.3) is 6.01 Å². The molecule has 4 rings (SSSR count). The molecule has 33 heavy (non-hydrogen) atoms. The molecule has 0 spiro atoms. The molecule has 0 aliphatic heterocycles. The van der Waals surface area contributed by atoms with Crippen molar-refractivity contribution >= 4 is 22.7 Å². The summed E-state index contributed by atoms with van der Waals surface area (Å²) >= 11 is 0. The van der Waals surface area contributed by atoms with Crippen molar-refractivity contribution in [3.05, 3.63) is 88.9 Å². The van der Waals surface area contributed by atoms with Crippen molar-refractivity contribution in [1.82, 2.24) is 0 Å². The molecule has 7 heteroatoms. The molecule has 0 amide bonds. The van der Waals surface area contributed by atoms with Gasteiger partial charge in [-0.2, -0.15) is 4.39 Å². The molecule has 0 atom stereocenters. The second kappa shape index (κ2) is 9.26. The van der Waals surface area contributed by atoms with Crippen molar-refractivity contribution in [1.29, 1.82) is 0 Å². The van der Waals surface area contributed by atoms with E-state index in [2.05, 4.69) is 0 Å². The van der Waals surface area contributed by atoms with Crippen LogP contribution in [0.2, 0.25) is 0 Å². The van der Waals surface area contributed by atoms with Crippen LogP contribution in [0.15, 0.2) is 65.1 Å². The standard InChI is InChI=1S/C26H22FNO5/c1-15(29)18-5-6-20(12-25(30)31)23(10-18)32-14-17-8-21-11-24(27)33-26(21)22(9-17)19-4-2-3-16(7-19)13-28/h2-11H,12-14,28H2,1H3,(H,30,31). The second-order valence-corrected chi connectivity index (χ2v) is 7.75. The van der Waals surface area contributed by atoms with Gasteiger partial charge in [-0.3, -0.25) is 9.59 Å². The first-order valence-electron chi connectivity index (χ1n) is 10.3. The Morgan fingerprint density at radius 1 is 1.06 bits per heavy atom. The summed E-state index contributed by atoms with van der Waals surface area (Å²) in [5, 5.41) is 9.78. The van der Waals surface area contributed by atoms with Gasteiger partial charge in [0.15, 0.2) is 5.78 Å². The van der Waals surface area contributed by atoms with Gasteiger partial charge >= 0.3 is 5.97 Å². The molecular weight excluding hydrogens is 425 g/mol. The fourth-order valence-corrected chi connectivity index (χ4v) is 3.73. The quantitative estimate of drug-likeness (QED) is 0.364. The number of Topliss-reactive ketones (excluding diaryl/α,β-unsaturated/α-hetero) is 1. The van der Waals surface area contributed by atoms with Crippen molar-refractivity contribution in [2.75, 3.05) is 0 Å². The maximum Gasteiger partial charge on any atom is 0.307 e. The van der Waals surface area contributed by atoms with E-state index >= 15 is 0 Å². The Morgan fingerprint density at radius 3 is 2.61 bits per heavy atom. The maximum absolute atomic E-state index is 13.9. The number of furan rings is 1. The first kappa shape index (κ1) is 22.2. The van der Waals surface area contributed by atoms with Gasteiger partial charge in [-0.05, 0) is 47.9 Å². The van der Waals surface area contributed by atoms with E-state index in [-0.39, 0.29) is 18.8 Å². The van der Waals surface area contributed by atoms with Crippen molar-refractivity contribution in [3.8, 4) is 16.9 Å². The molecule has 0 saturated heterocycles. The average Bonchev–Trinajstić information content (AvgIpc) is 3.17. The third-order valence-corrected chi connectivity index (χ3v) is 5.33. The van der Waals surface area contributed by atoms with Crippen molar-refractivity contribution in [2.24, 2.45) is 5.73 Å². The number of hydrogen-bond acceptors (Lipinski definition) is 5. The van der Waals surface area contributed by atoms with E-state index in [1.165, 1.54) is 13.0 Å².